The summed E-state index contributed by atoms with van der Waals surface area (Å²) in [7, 11) is -2.10. The van der Waals surface area contributed by atoms with Crippen LogP contribution in [0.5, 0.6) is 0 Å². The zero-order valence-electron chi connectivity index (χ0n) is 28.8. The van der Waals surface area contributed by atoms with Crippen LogP contribution in [0.3, 0.4) is 0 Å². The summed E-state index contributed by atoms with van der Waals surface area (Å²) in [6, 6.07) is 57.3. The van der Waals surface area contributed by atoms with Gasteiger partial charge in [-0.1, -0.05) is 165 Å². The number of hydrogen-bond acceptors (Lipinski definition) is 4. The summed E-state index contributed by atoms with van der Waals surface area (Å²) in [5, 5.41) is 4.85. The molecule has 7 aromatic carbocycles. The monoisotopic (exact) mass is 683 g/mol. The third-order valence-electron chi connectivity index (χ3n) is 10.6. The van der Waals surface area contributed by atoms with Gasteiger partial charge in [-0.05, 0) is 50.3 Å². The lowest BCUT2D eigenvalue weighted by molar-refractivity contribution is 0.670. The van der Waals surface area contributed by atoms with Gasteiger partial charge < -0.3 is 4.42 Å². The van der Waals surface area contributed by atoms with Crippen LogP contribution in [0.15, 0.2) is 168 Å². The van der Waals surface area contributed by atoms with Gasteiger partial charge in [0.2, 0.25) is 0 Å². The van der Waals surface area contributed by atoms with E-state index in [4.69, 9.17) is 19.4 Å². The number of hydrogen-bond donors (Lipinski definition) is 0. The summed E-state index contributed by atoms with van der Waals surface area (Å²) >= 11 is 0. The molecule has 0 saturated carbocycles. The Balaban J connectivity index is 1.31. The predicted molar refractivity (Wildman–Crippen MR) is 216 cm³/mol. The summed E-state index contributed by atoms with van der Waals surface area (Å²) in [6.07, 6.45) is 0. The molecule has 0 atom stereocenters. The third-order valence-corrected chi connectivity index (χ3v) is 14.1. The number of para-hydroxylation sites is 1. The molecule has 4 nitrogen and oxygen atoms in total. The van der Waals surface area contributed by atoms with E-state index in [1.807, 2.05) is 18.2 Å². The van der Waals surface area contributed by atoms with Crippen LogP contribution in [0.25, 0.3) is 89.5 Å². The largest absolute Gasteiger partial charge is 0.455 e. The van der Waals surface area contributed by atoms with Gasteiger partial charge in [0.25, 0.3) is 0 Å². The predicted octanol–water partition coefficient (Wildman–Crippen LogP) is 10.9. The minimum absolute atomic E-state index is 0.628. The van der Waals surface area contributed by atoms with Crippen molar-refractivity contribution >= 4 is 40.4 Å². The fraction of sp³-hybridized carbons (Fsp3) is 0.0426. The molecular formula is C47H33N3OSi. The number of nitrogens with zero attached hydrogens (tertiary/aromatic N) is 3. The molecule has 3 heterocycles. The summed E-state index contributed by atoms with van der Waals surface area (Å²) in [5.74, 6) is 1.89. The molecule has 0 spiro atoms. The summed E-state index contributed by atoms with van der Waals surface area (Å²) in [4.78, 5) is 16.1. The first-order chi connectivity index (χ1) is 25.6. The van der Waals surface area contributed by atoms with Crippen LogP contribution in [0, 0.1) is 0 Å². The third kappa shape index (κ3) is 4.70. The molecular weight excluding hydrogens is 651 g/mol. The van der Waals surface area contributed by atoms with Crippen molar-refractivity contribution in [3.8, 4) is 67.5 Å². The van der Waals surface area contributed by atoms with Crippen molar-refractivity contribution in [1.82, 2.24) is 15.0 Å². The number of fused-ring (bicyclic) bond motifs is 7. The van der Waals surface area contributed by atoms with Crippen LogP contribution in [-0.4, -0.2) is 23.0 Å². The lowest BCUT2D eigenvalue weighted by Crippen LogP contribution is -2.49. The van der Waals surface area contributed by atoms with Gasteiger partial charge in [0.05, 0.1) is 0 Å². The molecule has 2 aromatic heterocycles. The molecule has 0 aliphatic carbocycles. The lowest BCUT2D eigenvalue weighted by atomic mass is 9.97. The Kier molecular flexibility index (Phi) is 6.91. The van der Waals surface area contributed by atoms with E-state index in [9.17, 15) is 0 Å². The molecule has 246 valence electrons. The molecule has 0 N–H and O–H groups in total. The highest BCUT2D eigenvalue weighted by molar-refractivity contribution is 7.04. The molecule has 1 aliphatic heterocycles. The number of aromatic nitrogens is 3. The Hall–Kier alpha value is -6.43. The topological polar surface area (TPSA) is 51.8 Å². The molecule has 0 unspecified atom stereocenters. The van der Waals surface area contributed by atoms with Gasteiger partial charge in [-0.25, -0.2) is 15.0 Å². The first kappa shape index (κ1) is 30.4. The molecule has 10 rings (SSSR count). The van der Waals surface area contributed by atoms with Crippen LogP contribution in [0.4, 0.5) is 0 Å². The minimum Gasteiger partial charge on any atom is -0.455 e. The molecule has 1 aliphatic rings. The number of rotatable bonds is 5. The van der Waals surface area contributed by atoms with Crippen molar-refractivity contribution in [3.63, 3.8) is 0 Å². The molecule has 0 radical (unpaired) electrons. The first-order valence-corrected chi connectivity index (χ1v) is 20.7. The Bertz CT molecular complexity index is 2720. The highest BCUT2D eigenvalue weighted by Gasteiger charge is 2.40. The highest BCUT2D eigenvalue weighted by Crippen LogP contribution is 2.44. The van der Waals surface area contributed by atoms with E-state index in [0.717, 1.165) is 60.9 Å². The van der Waals surface area contributed by atoms with Crippen molar-refractivity contribution < 1.29 is 4.42 Å². The smallest absolute Gasteiger partial charge is 0.164 e. The average Bonchev–Trinajstić information content (AvgIpc) is 3.70. The normalized spacial score (nSPS) is 13.0. The maximum Gasteiger partial charge on any atom is 0.164 e. The first-order valence-electron chi connectivity index (χ1n) is 17.7. The maximum atomic E-state index is 6.84. The summed E-state index contributed by atoms with van der Waals surface area (Å²) in [6.45, 7) is 4.87. The Morgan fingerprint density at radius 3 is 1.48 bits per heavy atom. The minimum atomic E-state index is -2.10. The number of furan rings is 1. The van der Waals surface area contributed by atoms with Crippen molar-refractivity contribution in [2.45, 2.75) is 13.1 Å². The van der Waals surface area contributed by atoms with E-state index in [1.165, 1.54) is 21.5 Å². The van der Waals surface area contributed by atoms with E-state index in [2.05, 4.69) is 159 Å². The highest BCUT2D eigenvalue weighted by atomic mass is 28.3. The van der Waals surface area contributed by atoms with E-state index in [1.54, 1.807) is 0 Å². The fourth-order valence-electron chi connectivity index (χ4n) is 8.06. The van der Waals surface area contributed by atoms with Gasteiger partial charge in [0.1, 0.15) is 19.2 Å². The quantitative estimate of drug-likeness (QED) is 0.169. The zero-order chi connectivity index (χ0) is 34.8. The molecule has 5 heteroatoms. The Morgan fingerprint density at radius 2 is 0.885 bits per heavy atom. The van der Waals surface area contributed by atoms with Crippen LogP contribution in [0.2, 0.25) is 13.1 Å². The lowest BCUT2D eigenvalue weighted by Gasteiger charge is -2.20. The van der Waals surface area contributed by atoms with Gasteiger partial charge in [-0.15, -0.1) is 0 Å². The van der Waals surface area contributed by atoms with Crippen LogP contribution in [-0.2, 0) is 0 Å². The summed E-state index contributed by atoms with van der Waals surface area (Å²) in [5.41, 5.74) is 11.5. The van der Waals surface area contributed by atoms with E-state index < -0.39 is 8.07 Å². The maximum absolute atomic E-state index is 6.84. The Morgan fingerprint density at radius 1 is 0.423 bits per heavy atom. The van der Waals surface area contributed by atoms with E-state index >= 15 is 0 Å². The average molecular weight is 684 g/mol. The van der Waals surface area contributed by atoms with E-state index in [-0.39, 0.29) is 0 Å². The molecule has 0 saturated heterocycles. The molecule has 0 amide bonds. The van der Waals surface area contributed by atoms with Gasteiger partial charge in [0.15, 0.2) is 17.5 Å². The second-order valence-electron chi connectivity index (χ2n) is 13.9. The zero-order valence-corrected chi connectivity index (χ0v) is 29.8. The van der Waals surface area contributed by atoms with Crippen molar-refractivity contribution in [2.24, 2.45) is 0 Å². The van der Waals surface area contributed by atoms with Gasteiger partial charge in [-0.2, -0.15) is 0 Å². The van der Waals surface area contributed by atoms with E-state index in [0.29, 0.717) is 17.5 Å². The van der Waals surface area contributed by atoms with Crippen LogP contribution < -0.4 is 10.4 Å². The number of benzene rings is 7. The second-order valence-corrected chi connectivity index (χ2v) is 18.3. The molecule has 9 aromatic rings. The second kappa shape index (κ2) is 11.8. The van der Waals surface area contributed by atoms with Crippen molar-refractivity contribution in [3.05, 3.63) is 164 Å². The molecule has 52 heavy (non-hydrogen) atoms. The van der Waals surface area contributed by atoms with Crippen LogP contribution >= 0.6 is 0 Å². The fourth-order valence-corrected chi connectivity index (χ4v) is 11.1. The molecule has 0 fully saturated rings. The van der Waals surface area contributed by atoms with Gasteiger partial charge >= 0.3 is 0 Å². The SMILES string of the molecule is C[Si]1(C)c2ccccc2-c2c1cc(-c1nc(-c3ccccc3-c3ccccc3)nc(-c3ccccc3-c3ccccc3)n1)c1c2oc2ccccc21. The molecule has 0 bridgehead atoms. The standard InChI is InChI=1S/C47H33N3OSi/c1-52(2)40-28-16-14-26-37(40)43-41(52)29-38(42-36-25-13-15-27-39(36)51-44(42)43)47-49-45(34-23-11-9-21-32(34)30-17-5-3-6-18-30)48-46(50-47)35-24-12-10-22-33(35)31-19-7-4-8-20-31/h3-29H,1-2H3. The summed E-state index contributed by atoms with van der Waals surface area (Å²) < 4.78 is 6.84. The van der Waals surface area contributed by atoms with Crippen molar-refractivity contribution in [1.29, 1.82) is 0 Å². The van der Waals surface area contributed by atoms with Crippen LogP contribution in [0.1, 0.15) is 0 Å². The Labute approximate surface area is 303 Å². The van der Waals surface area contributed by atoms with Crippen molar-refractivity contribution in [2.75, 3.05) is 0 Å². The van der Waals surface area contributed by atoms with Gasteiger partial charge in [-0.3, -0.25) is 0 Å². The van der Waals surface area contributed by atoms with Gasteiger partial charge in [0, 0.05) is 33.0 Å².